The summed E-state index contributed by atoms with van der Waals surface area (Å²) in [5.74, 6) is 0.312. The first kappa shape index (κ1) is 27.0. The number of nitrogens with one attached hydrogen (secondary N) is 2. The number of pyridine rings is 1. The number of ether oxygens (including phenoxy) is 1. The SMILES string of the molecule is CC1=C(c2cc3cnc(Nc4ccc(C5CNCCO5)cc4)nc3n(Cc3ccccc3S(C)(=O)=O)c2=O)N=CC1. The first-order valence-corrected chi connectivity index (χ1v) is 15.3. The minimum Gasteiger partial charge on any atom is -0.371 e. The van der Waals surface area contributed by atoms with Gasteiger partial charge in [0.05, 0.1) is 35.4 Å². The van der Waals surface area contributed by atoms with Gasteiger partial charge in [0.25, 0.3) is 5.56 Å². The first-order chi connectivity index (χ1) is 19.8. The van der Waals surface area contributed by atoms with E-state index in [4.69, 9.17) is 9.72 Å². The Morgan fingerprint density at radius 2 is 1.95 bits per heavy atom. The van der Waals surface area contributed by atoms with Crippen molar-refractivity contribution in [2.75, 3.05) is 31.3 Å². The van der Waals surface area contributed by atoms with E-state index in [1.54, 1.807) is 42.7 Å². The molecule has 2 aromatic heterocycles. The Morgan fingerprint density at radius 1 is 1.15 bits per heavy atom. The van der Waals surface area contributed by atoms with Gasteiger partial charge in [-0.25, -0.2) is 13.4 Å². The lowest BCUT2D eigenvalue weighted by atomic mass is 10.1. The molecule has 10 nitrogen and oxygen atoms in total. The Bertz CT molecular complexity index is 1860. The summed E-state index contributed by atoms with van der Waals surface area (Å²) < 4.78 is 32.4. The molecule has 0 spiro atoms. The predicted octanol–water partition coefficient (Wildman–Crippen LogP) is 3.85. The van der Waals surface area contributed by atoms with Crippen LogP contribution in [-0.4, -0.2) is 55.1 Å². The fourth-order valence-electron chi connectivity index (χ4n) is 5.17. The van der Waals surface area contributed by atoms with Gasteiger partial charge in [0.2, 0.25) is 5.95 Å². The summed E-state index contributed by atoms with van der Waals surface area (Å²) in [6.07, 6.45) is 5.29. The molecule has 2 N–H and O–H groups in total. The number of fused-ring (bicyclic) bond motifs is 1. The van der Waals surface area contributed by atoms with E-state index in [9.17, 15) is 13.2 Å². The van der Waals surface area contributed by atoms with Gasteiger partial charge < -0.3 is 15.4 Å². The number of hydrogen-bond acceptors (Lipinski definition) is 9. The van der Waals surface area contributed by atoms with Crippen LogP contribution >= 0.6 is 0 Å². The van der Waals surface area contributed by atoms with Gasteiger partial charge in [0.15, 0.2) is 9.84 Å². The van der Waals surface area contributed by atoms with Crippen molar-refractivity contribution < 1.29 is 13.2 Å². The molecule has 0 bridgehead atoms. The zero-order valence-corrected chi connectivity index (χ0v) is 23.6. The van der Waals surface area contributed by atoms with Crippen LogP contribution in [0, 0.1) is 0 Å². The summed E-state index contributed by atoms with van der Waals surface area (Å²) in [6.45, 7) is 4.26. The number of morpholine rings is 1. The van der Waals surface area contributed by atoms with Gasteiger partial charge in [-0.2, -0.15) is 4.98 Å². The zero-order chi connectivity index (χ0) is 28.6. The van der Waals surface area contributed by atoms with Crippen LogP contribution in [0.15, 0.2) is 81.0 Å². The molecule has 0 aliphatic carbocycles. The maximum absolute atomic E-state index is 13.9. The van der Waals surface area contributed by atoms with E-state index < -0.39 is 9.84 Å². The van der Waals surface area contributed by atoms with Crippen molar-refractivity contribution in [2.24, 2.45) is 4.99 Å². The summed E-state index contributed by atoms with van der Waals surface area (Å²) >= 11 is 0. The van der Waals surface area contributed by atoms with Crippen LogP contribution in [-0.2, 0) is 21.1 Å². The molecule has 4 heterocycles. The highest BCUT2D eigenvalue weighted by atomic mass is 32.2. The Labute approximate surface area is 237 Å². The molecule has 6 rings (SSSR count). The van der Waals surface area contributed by atoms with Crippen molar-refractivity contribution in [2.45, 2.75) is 30.9 Å². The molecule has 4 aromatic rings. The average Bonchev–Trinajstić information content (AvgIpc) is 3.40. The van der Waals surface area contributed by atoms with Gasteiger partial charge in [-0.15, -0.1) is 0 Å². The Hall–Kier alpha value is -4.19. The monoisotopic (exact) mass is 570 g/mol. The van der Waals surface area contributed by atoms with E-state index in [1.807, 2.05) is 31.2 Å². The molecule has 1 saturated heterocycles. The third-order valence-corrected chi connectivity index (χ3v) is 8.47. The number of aromatic nitrogens is 3. The molecule has 0 saturated carbocycles. The lowest BCUT2D eigenvalue weighted by molar-refractivity contribution is 0.0277. The fraction of sp³-hybridized carbons (Fsp3) is 0.267. The summed E-state index contributed by atoms with van der Waals surface area (Å²) in [5.41, 5.74) is 4.49. The van der Waals surface area contributed by atoms with Crippen LogP contribution in [0.25, 0.3) is 16.7 Å². The Kier molecular flexibility index (Phi) is 7.24. The van der Waals surface area contributed by atoms with Gasteiger partial charge in [-0.3, -0.25) is 14.4 Å². The molecule has 41 heavy (non-hydrogen) atoms. The minimum absolute atomic E-state index is 0.0103. The van der Waals surface area contributed by atoms with Crippen LogP contribution in [0.4, 0.5) is 11.6 Å². The normalized spacial score (nSPS) is 17.4. The molecule has 0 radical (unpaired) electrons. The van der Waals surface area contributed by atoms with Gasteiger partial charge in [0, 0.05) is 49.3 Å². The minimum atomic E-state index is -3.52. The maximum atomic E-state index is 13.9. The predicted molar refractivity (Wildman–Crippen MR) is 159 cm³/mol. The Balaban J connectivity index is 1.42. The van der Waals surface area contributed by atoms with E-state index in [0.717, 1.165) is 36.2 Å². The van der Waals surface area contributed by atoms with E-state index in [-0.39, 0.29) is 23.1 Å². The molecule has 0 amide bonds. The summed E-state index contributed by atoms with van der Waals surface area (Å²) in [4.78, 5) is 27.8. The Morgan fingerprint density at radius 3 is 2.66 bits per heavy atom. The molecular formula is C30H30N6O4S. The average molecular weight is 571 g/mol. The molecule has 210 valence electrons. The molecular weight excluding hydrogens is 540 g/mol. The third kappa shape index (κ3) is 5.56. The van der Waals surface area contributed by atoms with Gasteiger partial charge >= 0.3 is 0 Å². The molecule has 2 aromatic carbocycles. The first-order valence-electron chi connectivity index (χ1n) is 13.4. The molecule has 1 atom stereocenters. The number of sulfone groups is 1. The summed E-state index contributed by atoms with van der Waals surface area (Å²) in [5, 5.41) is 7.20. The van der Waals surface area contributed by atoms with Gasteiger partial charge in [0.1, 0.15) is 5.65 Å². The van der Waals surface area contributed by atoms with Crippen molar-refractivity contribution in [1.29, 1.82) is 0 Å². The van der Waals surface area contributed by atoms with Crippen molar-refractivity contribution in [3.05, 3.63) is 93.4 Å². The van der Waals surface area contributed by atoms with E-state index in [2.05, 4.69) is 20.6 Å². The standard InChI is InChI=1S/C30H30N6O4S/c1-19-11-12-32-27(19)24-15-22-16-33-30(34-23-9-7-20(8-10-23)25-17-31-13-14-40-25)35-28(22)36(29(24)37)18-21-5-3-4-6-26(21)41(2,38)39/h3-10,12,15-16,25,31H,11,13-14,17-18H2,1-2H3,(H,33,34,35). The number of allylic oxidation sites excluding steroid dienone is 1. The second-order valence-corrected chi connectivity index (χ2v) is 12.2. The van der Waals surface area contributed by atoms with Crippen LogP contribution < -0.4 is 16.2 Å². The van der Waals surface area contributed by atoms with E-state index >= 15 is 0 Å². The van der Waals surface area contributed by atoms with E-state index in [1.165, 1.54) is 4.57 Å². The van der Waals surface area contributed by atoms with Crippen molar-refractivity contribution >= 4 is 44.4 Å². The fourth-order valence-corrected chi connectivity index (χ4v) is 6.11. The van der Waals surface area contributed by atoms with Crippen molar-refractivity contribution in [3.63, 3.8) is 0 Å². The van der Waals surface area contributed by atoms with Crippen LogP contribution in [0.2, 0.25) is 0 Å². The highest BCUT2D eigenvalue weighted by Crippen LogP contribution is 2.27. The maximum Gasteiger partial charge on any atom is 0.261 e. The molecule has 11 heteroatoms. The highest BCUT2D eigenvalue weighted by Gasteiger charge is 2.21. The van der Waals surface area contributed by atoms with E-state index in [0.29, 0.717) is 46.8 Å². The molecule has 1 unspecified atom stereocenters. The number of nitrogens with zero attached hydrogens (tertiary/aromatic N) is 4. The second-order valence-electron chi connectivity index (χ2n) is 10.3. The topological polar surface area (TPSA) is 128 Å². The third-order valence-electron chi connectivity index (χ3n) is 7.27. The quantitative estimate of drug-likeness (QED) is 0.343. The molecule has 2 aliphatic heterocycles. The summed E-state index contributed by atoms with van der Waals surface area (Å²) in [6, 6.07) is 16.3. The number of aliphatic imine (C=N–C) groups is 1. The largest absolute Gasteiger partial charge is 0.371 e. The highest BCUT2D eigenvalue weighted by molar-refractivity contribution is 7.90. The number of hydrogen-bond donors (Lipinski definition) is 2. The second kappa shape index (κ2) is 11.0. The van der Waals surface area contributed by atoms with Crippen LogP contribution in [0.3, 0.4) is 0 Å². The van der Waals surface area contributed by atoms with Crippen molar-refractivity contribution in [3.8, 4) is 0 Å². The van der Waals surface area contributed by atoms with Crippen LogP contribution in [0.1, 0.15) is 36.1 Å². The molecule has 1 fully saturated rings. The van der Waals surface area contributed by atoms with Gasteiger partial charge in [-0.1, -0.05) is 30.3 Å². The van der Waals surface area contributed by atoms with Gasteiger partial charge in [-0.05, 0) is 47.9 Å². The number of benzene rings is 2. The number of rotatable bonds is 7. The lowest BCUT2D eigenvalue weighted by Gasteiger charge is -2.24. The smallest absolute Gasteiger partial charge is 0.261 e. The van der Waals surface area contributed by atoms with Crippen molar-refractivity contribution in [1.82, 2.24) is 19.9 Å². The molecule has 2 aliphatic rings. The zero-order valence-electron chi connectivity index (χ0n) is 22.8. The summed E-state index contributed by atoms with van der Waals surface area (Å²) in [7, 11) is -3.52. The number of anilines is 2. The van der Waals surface area contributed by atoms with Crippen LogP contribution in [0.5, 0.6) is 0 Å². The lowest BCUT2D eigenvalue weighted by Crippen LogP contribution is -2.33.